The lowest BCUT2D eigenvalue weighted by Crippen LogP contribution is -2.52. The number of hydrogen-bond donors (Lipinski definition) is 3. The Labute approximate surface area is 398 Å². The Morgan fingerprint density at radius 3 is 2.10 bits per heavy atom. The fourth-order valence-electron chi connectivity index (χ4n) is 7.97. The number of nitrogens with two attached hydrogens (primary N) is 1. The van der Waals surface area contributed by atoms with Gasteiger partial charge < -0.3 is 35.3 Å². The number of piperidine rings is 1. The highest BCUT2D eigenvalue weighted by Crippen LogP contribution is 2.35. The van der Waals surface area contributed by atoms with Crippen LogP contribution in [0.15, 0.2) is 29.6 Å². The van der Waals surface area contributed by atoms with Crippen molar-refractivity contribution < 1.29 is 65.2 Å². The molecule has 8 atom stereocenters. The molecule has 1 aliphatic heterocycles. The summed E-state index contributed by atoms with van der Waals surface area (Å²) >= 11 is 1.10. The van der Waals surface area contributed by atoms with Crippen LogP contribution in [0.25, 0.3) is 0 Å². The zero-order chi connectivity index (χ0) is 50.9. The highest BCUT2D eigenvalue weighted by atomic mass is 32.1. The van der Waals surface area contributed by atoms with Gasteiger partial charge in [0.05, 0.1) is 18.6 Å². The van der Waals surface area contributed by atoms with Gasteiger partial charge >= 0.3 is 18.0 Å². The van der Waals surface area contributed by atoms with Gasteiger partial charge in [-0.25, -0.2) is 27.7 Å². The number of benzene rings is 2. The van der Waals surface area contributed by atoms with E-state index in [1.165, 1.54) is 5.38 Å². The number of hydrogen-bond acceptors (Lipinski definition) is 12. The molecule has 0 bridgehead atoms. The van der Waals surface area contributed by atoms with Gasteiger partial charge in [-0.1, -0.05) is 65.3 Å². The van der Waals surface area contributed by atoms with Crippen molar-refractivity contribution in [1.29, 1.82) is 0 Å². The normalized spacial score (nSPS) is 17.9. The van der Waals surface area contributed by atoms with E-state index in [1.807, 2.05) is 27.7 Å². The number of esters is 2. The molecule has 1 aromatic heterocycles. The quantitative estimate of drug-likeness (QED) is 0.0346. The van der Waals surface area contributed by atoms with Gasteiger partial charge in [-0.3, -0.25) is 19.3 Å². The predicted molar refractivity (Wildman–Crippen MR) is 243 cm³/mol. The minimum Gasteiger partial charge on any atom is -0.466 e. The Bertz CT molecular complexity index is 2230. The number of likely N-dealkylation sites (N-methyl/N-ethyl adjacent to an activating group) is 1. The number of aliphatic hydroxyl groups excluding tert-OH is 1. The van der Waals surface area contributed by atoms with Crippen LogP contribution < -0.4 is 15.8 Å². The molecule has 1 saturated heterocycles. The minimum atomic E-state index is -2.43. The molecular weight excluding hydrogens is 918 g/mol. The maximum absolute atomic E-state index is 14.5. The topological polar surface area (TPSA) is 191 Å². The number of likely N-dealkylation sites (tertiary alicyclic amines) is 1. The minimum absolute atomic E-state index is 0.0286. The Kier molecular flexibility index (Phi) is 19.4. The van der Waals surface area contributed by atoms with E-state index >= 15 is 0 Å². The van der Waals surface area contributed by atoms with Gasteiger partial charge in [0.2, 0.25) is 40.7 Å². The SMILES string of the molecule is CCOC(=O)[C@@H](C)C[C@H](Cc1ccc(C2CC[C@H](C(=O)Oc3c(F)c(F)c(F)c(F)c3F)N(C(=O)OC(C)(C)C)C2)cc1)NC(=O)c1csc([C@H](O)C[C@H](C(C)C)N(C)C(=O)[C@@H](N)[C@@H](C)CC)n1. The number of rotatable bonds is 19. The van der Waals surface area contributed by atoms with Gasteiger partial charge in [-0.2, -0.15) is 8.78 Å². The number of nitrogens with zero attached hydrogens (tertiary/aromatic N) is 3. The fraction of sp³-hybridized carbons (Fsp3) is 0.583. The molecule has 3 aromatic rings. The van der Waals surface area contributed by atoms with Crippen LogP contribution in [-0.2, 0) is 30.3 Å². The van der Waals surface area contributed by atoms with Gasteiger partial charge in [0.15, 0.2) is 0 Å². The first kappa shape index (κ1) is 55.4. The van der Waals surface area contributed by atoms with Gasteiger partial charge in [0.1, 0.15) is 28.4 Å². The van der Waals surface area contributed by atoms with E-state index < -0.39 is 100 Å². The van der Waals surface area contributed by atoms with Crippen LogP contribution in [-0.4, -0.2) is 99.7 Å². The number of aliphatic hydroxyl groups is 1. The largest absolute Gasteiger partial charge is 0.466 e. The third-order valence-electron chi connectivity index (χ3n) is 12.1. The average Bonchev–Trinajstić information content (AvgIpc) is 3.80. The Morgan fingerprint density at radius 1 is 0.941 bits per heavy atom. The Balaban J connectivity index is 1.51. The molecule has 1 unspecified atom stereocenters. The molecule has 376 valence electrons. The number of nitrogens with one attached hydrogen (secondary N) is 1. The number of carbonyl (C=O) groups is 5. The van der Waals surface area contributed by atoms with Crippen LogP contribution >= 0.6 is 11.3 Å². The molecule has 68 heavy (non-hydrogen) atoms. The average molecular weight is 982 g/mol. The number of amides is 3. The highest BCUT2D eigenvalue weighted by Gasteiger charge is 2.41. The molecule has 0 radical (unpaired) electrons. The van der Waals surface area contributed by atoms with Crippen molar-refractivity contribution in [2.75, 3.05) is 20.2 Å². The fourth-order valence-corrected chi connectivity index (χ4v) is 8.77. The van der Waals surface area contributed by atoms with Crippen molar-refractivity contribution >= 4 is 41.2 Å². The smallest absolute Gasteiger partial charge is 0.411 e. The summed E-state index contributed by atoms with van der Waals surface area (Å²) in [5, 5.41) is 16.1. The van der Waals surface area contributed by atoms with E-state index in [2.05, 4.69) is 10.3 Å². The number of thiazole rings is 1. The molecule has 2 aromatic carbocycles. The molecule has 3 amide bonds. The molecule has 4 N–H and O–H groups in total. The molecule has 0 saturated carbocycles. The van der Waals surface area contributed by atoms with Gasteiger partial charge in [0.25, 0.3) is 5.91 Å². The Morgan fingerprint density at radius 2 is 1.54 bits per heavy atom. The van der Waals surface area contributed by atoms with Gasteiger partial charge in [-0.05, 0) is 76.3 Å². The van der Waals surface area contributed by atoms with E-state index in [1.54, 1.807) is 70.8 Å². The van der Waals surface area contributed by atoms with Crippen molar-refractivity contribution in [2.24, 2.45) is 23.5 Å². The zero-order valence-corrected chi connectivity index (χ0v) is 41.0. The summed E-state index contributed by atoms with van der Waals surface area (Å²) < 4.78 is 85.9. The summed E-state index contributed by atoms with van der Waals surface area (Å²) in [4.78, 5) is 73.5. The van der Waals surface area contributed by atoms with Crippen LogP contribution in [0.5, 0.6) is 5.75 Å². The second kappa shape index (κ2) is 23.9. The highest BCUT2D eigenvalue weighted by molar-refractivity contribution is 7.09. The molecule has 4 rings (SSSR count). The van der Waals surface area contributed by atoms with Crippen molar-refractivity contribution in [3.63, 3.8) is 0 Å². The number of carbonyl (C=O) groups excluding carboxylic acids is 5. The van der Waals surface area contributed by atoms with Crippen molar-refractivity contribution in [3.05, 3.63) is 80.6 Å². The Hall–Kier alpha value is -5.21. The summed E-state index contributed by atoms with van der Waals surface area (Å²) in [6.07, 6.45) is -0.621. The van der Waals surface area contributed by atoms with Gasteiger partial charge in [0, 0.05) is 43.4 Å². The first-order chi connectivity index (χ1) is 31.8. The van der Waals surface area contributed by atoms with E-state index in [4.69, 9.17) is 19.9 Å². The second-order valence-corrected chi connectivity index (χ2v) is 19.6. The van der Waals surface area contributed by atoms with Crippen molar-refractivity contribution in [3.8, 4) is 5.75 Å². The van der Waals surface area contributed by atoms with E-state index in [9.17, 15) is 51.0 Å². The van der Waals surface area contributed by atoms with E-state index in [0.29, 0.717) is 0 Å². The van der Waals surface area contributed by atoms with Crippen molar-refractivity contribution in [2.45, 2.75) is 143 Å². The van der Waals surface area contributed by atoms with E-state index in [-0.39, 0.29) is 79.7 Å². The lowest BCUT2D eigenvalue weighted by Gasteiger charge is -2.39. The van der Waals surface area contributed by atoms with Crippen LogP contribution in [0, 0.1) is 46.8 Å². The van der Waals surface area contributed by atoms with Crippen LogP contribution in [0.1, 0.15) is 133 Å². The predicted octanol–water partition coefficient (Wildman–Crippen LogP) is 8.14. The van der Waals surface area contributed by atoms with Crippen LogP contribution in [0.4, 0.5) is 26.7 Å². The molecule has 20 heteroatoms. The van der Waals surface area contributed by atoms with Crippen molar-refractivity contribution in [1.82, 2.24) is 20.1 Å². The molecule has 2 heterocycles. The first-order valence-corrected chi connectivity index (χ1v) is 23.6. The molecular formula is C48H64F5N5O9S. The standard InChI is InChI=1S/C48H64F5N5O9S/c1-11-25(5)40(54)44(61)57(10)33(24(3)4)21-34(59)43-56-31(23-68-43)42(60)55-30(19-26(6)45(62)65-12-2)20-27-13-15-28(16-14-27)29-17-18-32(58(22-29)47(64)67-48(7,8)9)46(63)66-41-38(52)36(50)35(49)37(51)39(41)53/h13-16,23-26,29-30,32-34,40,59H,11-12,17-22,54H2,1-10H3,(H,55,60)/t25-,26-,29?,30+,32+,33+,34+,40-/m0/s1. The monoisotopic (exact) mass is 981 g/mol. The van der Waals surface area contributed by atoms with Crippen LogP contribution in [0.2, 0.25) is 0 Å². The molecule has 0 spiro atoms. The summed E-state index contributed by atoms with van der Waals surface area (Å²) in [6, 6.07) is 3.99. The third-order valence-corrected chi connectivity index (χ3v) is 13.1. The summed E-state index contributed by atoms with van der Waals surface area (Å²) in [7, 11) is 1.67. The summed E-state index contributed by atoms with van der Waals surface area (Å²) in [5.74, 6) is -17.2. The van der Waals surface area contributed by atoms with Gasteiger partial charge in [-0.15, -0.1) is 11.3 Å². The summed E-state index contributed by atoms with van der Waals surface area (Å²) in [5.41, 5.74) is 6.73. The summed E-state index contributed by atoms with van der Waals surface area (Å²) in [6.45, 7) is 15.9. The number of ether oxygens (including phenoxy) is 3. The maximum Gasteiger partial charge on any atom is 0.411 e. The lowest BCUT2D eigenvalue weighted by molar-refractivity contribution is -0.147. The third kappa shape index (κ3) is 14.0. The molecule has 1 fully saturated rings. The number of halogens is 5. The van der Waals surface area contributed by atoms with E-state index in [0.717, 1.165) is 33.8 Å². The first-order valence-electron chi connectivity index (χ1n) is 22.7. The maximum atomic E-state index is 14.5. The molecule has 0 aliphatic carbocycles. The van der Waals surface area contributed by atoms with Crippen LogP contribution in [0.3, 0.4) is 0 Å². The second-order valence-electron chi connectivity index (χ2n) is 18.7. The lowest BCUT2D eigenvalue weighted by atomic mass is 9.86. The number of aromatic nitrogens is 1. The molecule has 1 aliphatic rings. The molecule has 14 nitrogen and oxygen atoms in total. The zero-order valence-electron chi connectivity index (χ0n) is 40.2.